The Labute approximate surface area is 181 Å². The Morgan fingerprint density at radius 2 is 1.42 bits per heavy atom. The highest BCUT2D eigenvalue weighted by molar-refractivity contribution is 6.23. The Hall–Kier alpha value is -3.40. The number of benzene rings is 3. The van der Waals surface area contributed by atoms with E-state index in [0.717, 1.165) is 5.75 Å². The van der Waals surface area contributed by atoms with Crippen molar-refractivity contribution in [1.29, 1.82) is 0 Å². The molecule has 4 nitrogen and oxygen atoms in total. The SMILES string of the molecule is CCOc1ccc(N2C(=O)[C@@H]3[C@@H](C2=O)C2c4ccccc4C3(C)c3ccccc32)cc1. The average Bonchev–Trinajstić information content (AvgIpc) is 3.07. The molecule has 0 spiro atoms. The molecular weight excluding hydrogens is 386 g/mol. The van der Waals surface area contributed by atoms with Crippen molar-refractivity contribution >= 4 is 17.5 Å². The second kappa shape index (κ2) is 6.30. The maximum Gasteiger partial charge on any atom is 0.238 e. The summed E-state index contributed by atoms with van der Waals surface area (Å²) in [5, 5.41) is 0. The summed E-state index contributed by atoms with van der Waals surface area (Å²) >= 11 is 0. The molecule has 0 radical (unpaired) electrons. The molecule has 2 atom stereocenters. The number of amides is 2. The van der Waals surface area contributed by atoms with E-state index in [-0.39, 0.29) is 23.7 Å². The zero-order valence-corrected chi connectivity index (χ0v) is 17.5. The lowest BCUT2D eigenvalue weighted by atomic mass is 9.48. The number of imide groups is 1. The number of anilines is 1. The van der Waals surface area contributed by atoms with Crippen LogP contribution in [-0.2, 0) is 15.0 Å². The van der Waals surface area contributed by atoms with Crippen molar-refractivity contribution in [2.45, 2.75) is 25.2 Å². The average molecular weight is 409 g/mol. The Morgan fingerprint density at radius 1 is 0.839 bits per heavy atom. The maximum absolute atomic E-state index is 13.8. The Kier molecular flexibility index (Phi) is 3.73. The lowest BCUT2D eigenvalue weighted by Gasteiger charge is -2.52. The van der Waals surface area contributed by atoms with Gasteiger partial charge in [-0.3, -0.25) is 9.59 Å². The maximum atomic E-state index is 13.8. The van der Waals surface area contributed by atoms with Gasteiger partial charge in [0.25, 0.3) is 0 Å². The minimum absolute atomic E-state index is 0.0941. The van der Waals surface area contributed by atoms with Gasteiger partial charge in [0.05, 0.1) is 24.1 Å². The predicted octanol–water partition coefficient (Wildman–Crippen LogP) is 4.66. The lowest BCUT2D eigenvalue weighted by molar-refractivity contribution is -0.123. The van der Waals surface area contributed by atoms with Gasteiger partial charge in [-0.2, -0.15) is 0 Å². The molecule has 3 aliphatic carbocycles. The van der Waals surface area contributed by atoms with Crippen LogP contribution in [0.5, 0.6) is 5.75 Å². The van der Waals surface area contributed by atoms with Gasteiger partial charge in [0.1, 0.15) is 5.75 Å². The monoisotopic (exact) mass is 409 g/mol. The molecule has 7 rings (SSSR count). The first-order chi connectivity index (χ1) is 15.1. The first-order valence-corrected chi connectivity index (χ1v) is 10.9. The number of nitrogens with zero attached hydrogens (tertiary/aromatic N) is 1. The van der Waals surface area contributed by atoms with Crippen molar-refractivity contribution in [2.24, 2.45) is 11.8 Å². The van der Waals surface area contributed by atoms with Crippen LogP contribution >= 0.6 is 0 Å². The van der Waals surface area contributed by atoms with Gasteiger partial charge in [-0.1, -0.05) is 55.5 Å². The normalized spacial score (nSPS) is 27.7. The molecule has 1 aliphatic heterocycles. The zero-order chi connectivity index (χ0) is 21.3. The van der Waals surface area contributed by atoms with E-state index in [4.69, 9.17) is 4.74 Å². The summed E-state index contributed by atoms with van der Waals surface area (Å²) in [4.78, 5) is 29.0. The minimum atomic E-state index is -0.528. The van der Waals surface area contributed by atoms with Gasteiger partial charge >= 0.3 is 0 Å². The van der Waals surface area contributed by atoms with Gasteiger partial charge in [-0.05, 0) is 53.4 Å². The van der Waals surface area contributed by atoms with Crippen molar-refractivity contribution in [3.63, 3.8) is 0 Å². The molecule has 3 aromatic carbocycles. The van der Waals surface area contributed by atoms with Crippen LogP contribution in [0.2, 0.25) is 0 Å². The van der Waals surface area contributed by atoms with Gasteiger partial charge in [-0.15, -0.1) is 0 Å². The summed E-state index contributed by atoms with van der Waals surface area (Å²) < 4.78 is 5.53. The van der Waals surface area contributed by atoms with E-state index in [1.807, 2.05) is 55.5 Å². The number of carbonyl (C=O) groups is 2. The standard InChI is InChI=1S/C27H23NO3/c1-3-31-17-14-12-16(13-15-17)28-25(29)23-22-18-8-4-6-10-20(18)27(2,24(23)26(28)30)21-11-7-5-9-19(21)22/h4-15,22-24H,3H2,1-2H3/t22?,23-,24-,27?/m0/s1. The second-order valence-corrected chi connectivity index (χ2v) is 8.80. The molecule has 0 unspecified atom stereocenters. The summed E-state index contributed by atoms with van der Waals surface area (Å²) in [7, 11) is 0. The van der Waals surface area contributed by atoms with Crippen LogP contribution in [0.15, 0.2) is 72.8 Å². The number of rotatable bonds is 3. The quantitative estimate of drug-likeness (QED) is 0.592. The van der Waals surface area contributed by atoms with Crippen molar-refractivity contribution < 1.29 is 14.3 Å². The summed E-state index contributed by atoms with van der Waals surface area (Å²) in [6, 6.07) is 23.9. The third-order valence-corrected chi connectivity index (χ3v) is 7.45. The van der Waals surface area contributed by atoms with Crippen LogP contribution in [-0.4, -0.2) is 18.4 Å². The number of hydrogen-bond acceptors (Lipinski definition) is 3. The minimum Gasteiger partial charge on any atom is -0.494 e. The molecule has 1 heterocycles. The van der Waals surface area contributed by atoms with Crippen LogP contribution in [0, 0.1) is 11.8 Å². The first kappa shape index (κ1) is 18.4. The Morgan fingerprint density at radius 3 is 2.00 bits per heavy atom. The molecule has 2 bridgehead atoms. The van der Waals surface area contributed by atoms with E-state index in [1.54, 1.807) is 0 Å². The molecule has 4 aliphatic rings. The Balaban J connectivity index is 1.53. The van der Waals surface area contributed by atoms with E-state index < -0.39 is 11.3 Å². The molecule has 2 amide bonds. The smallest absolute Gasteiger partial charge is 0.238 e. The molecule has 0 saturated carbocycles. The molecule has 0 aromatic heterocycles. The zero-order valence-electron chi connectivity index (χ0n) is 17.5. The fourth-order valence-electron chi connectivity index (χ4n) is 6.26. The van der Waals surface area contributed by atoms with Crippen molar-refractivity contribution in [1.82, 2.24) is 0 Å². The Bertz CT molecular complexity index is 1180. The molecule has 154 valence electrons. The lowest BCUT2D eigenvalue weighted by Crippen LogP contribution is -2.51. The highest BCUT2D eigenvalue weighted by Gasteiger charge is 2.66. The fraction of sp³-hybridized carbons (Fsp3) is 0.259. The summed E-state index contributed by atoms with van der Waals surface area (Å²) in [5.74, 6) is -0.344. The van der Waals surface area contributed by atoms with E-state index in [2.05, 4.69) is 31.2 Å². The highest BCUT2D eigenvalue weighted by Crippen LogP contribution is 2.64. The number of carbonyl (C=O) groups excluding carboxylic acids is 2. The topological polar surface area (TPSA) is 46.6 Å². The van der Waals surface area contributed by atoms with Crippen LogP contribution in [0.25, 0.3) is 0 Å². The molecular formula is C27H23NO3. The second-order valence-electron chi connectivity index (χ2n) is 8.80. The summed E-state index contributed by atoms with van der Waals surface area (Å²) in [6.07, 6.45) is 0. The molecule has 4 heteroatoms. The summed E-state index contributed by atoms with van der Waals surface area (Å²) in [6.45, 7) is 4.64. The van der Waals surface area contributed by atoms with Gasteiger partial charge in [-0.25, -0.2) is 4.90 Å². The van der Waals surface area contributed by atoms with Gasteiger partial charge in [0.15, 0.2) is 0 Å². The van der Waals surface area contributed by atoms with Crippen LogP contribution in [0.1, 0.15) is 42.0 Å². The number of ether oxygens (including phenoxy) is 1. The van der Waals surface area contributed by atoms with Gasteiger partial charge in [0, 0.05) is 11.3 Å². The molecule has 31 heavy (non-hydrogen) atoms. The molecule has 1 fully saturated rings. The van der Waals surface area contributed by atoms with Crippen LogP contribution < -0.4 is 9.64 Å². The van der Waals surface area contributed by atoms with Crippen molar-refractivity contribution in [3.8, 4) is 5.75 Å². The first-order valence-electron chi connectivity index (χ1n) is 10.9. The van der Waals surface area contributed by atoms with E-state index in [0.29, 0.717) is 12.3 Å². The molecule has 3 aromatic rings. The molecule has 0 N–H and O–H groups in total. The van der Waals surface area contributed by atoms with E-state index in [9.17, 15) is 9.59 Å². The van der Waals surface area contributed by atoms with Gasteiger partial charge < -0.3 is 4.74 Å². The largest absolute Gasteiger partial charge is 0.494 e. The third kappa shape index (κ3) is 2.20. The predicted molar refractivity (Wildman–Crippen MR) is 118 cm³/mol. The van der Waals surface area contributed by atoms with E-state index in [1.165, 1.54) is 27.2 Å². The van der Waals surface area contributed by atoms with Crippen LogP contribution in [0.4, 0.5) is 5.69 Å². The van der Waals surface area contributed by atoms with Gasteiger partial charge in [0.2, 0.25) is 11.8 Å². The van der Waals surface area contributed by atoms with Crippen molar-refractivity contribution in [3.05, 3.63) is 95.1 Å². The third-order valence-electron chi connectivity index (χ3n) is 7.45. The molecule has 1 saturated heterocycles. The number of hydrogen-bond donors (Lipinski definition) is 0. The summed E-state index contributed by atoms with van der Waals surface area (Å²) in [5.41, 5.74) is 4.80. The fourth-order valence-corrected chi connectivity index (χ4v) is 6.26. The van der Waals surface area contributed by atoms with E-state index >= 15 is 0 Å². The van der Waals surface area contributed by atoms with Crippen molar-refractivity contribution in [2.75, 3.05) is 11.5 Å². The highest BCUT2D eigenvalue weighted by atomic mass is 16.5. The van der Waals surface area contributed by atoms with Crippen LogP contribution in [0.3, 0.4) is 0 Å².